The lowest BCUT2D eigenvalue weighted by molar-refractivity contribution is -0.192. The average Bonchev–Trinajstić information content (AvgIpc) is 3.36. The first-order valence-electron chi connectivity index (χ1n) is 10.5. The molecule has 0 aliphatic carbocycles. The second-order valence-electron chi connectivity index (χ2n) is 7.81. The number of anilines is 1. The minimum absolute atomic E-state index is 0.0327. The van der Waals surface area contributed by atoms with E-state index in [1.807, 2.05) is 12.1 Å². The molecule has 9 nitrogen and oxygen atoms in total. The number of nitrogens with one attached hydrogen (secondary N) is 2. The minimum Gasteiger partial charge on any atom is -0.475 e. The summed E-state index contributed by atoms with van der Waals surface area (Å²) >= 11 is 7.02. The number of carboxylic acid groups (broad SMARTS) is 1. The van der Waals surface area contributed by atoms with E-state index in [1.54, 1.807) is 42.5 Å². The average molecular weight is 567 g/mol. The molecule has 0 radical (unpaired) electrons. The number of amides is 3. The van der Waals surface area contributed by atoms with Crippen LogP contribution in [0.4, 0.5) is 18.9 Å². The van der Waals surface area contributed by atoms with Crippen molar-refractivity contribution in [1.82, 2.24) is 4.90 Å². The molecule has 1 aromatic heterocycles. The third kappa shape index (κ3) is 6.75. The maximum Gasteiger partial charge on any atom is 0.490 e. The normalized spacial score (nSPS) is 12.5. The van der Waals surface area contributed by atoms with Gasteiger partial charge in [-0.2, -0.15) is 13.2 Å². The van der Waals surface area contributed by atoms with E-state index < -0.39 is 29.9 Å². The lowest BCUT2D eigenvalue weighted by Gasteiger charge is -2.15. The predicted molar refractivity (Wildman–Crippen MR) is 134 cm³/mol. The van der Waals surface area contributed by atoms with Gasteiger partial charge < -0.3 is 16.2 Å². The molecule has 198 valence electrons. The summed E-state index contributed by atoms with van der Waals surface area (Å²) in [4.78, 5) is 49.0. The highest BCUT2D eigenvalue weighted by atomic mass is 35.5. The fourth-order valence-corrected chi connectivity index (χ4v) is 4.38. The maximum atomic E-state index is 13.1. The highest BCUT2D eigenvalue weighted by Gasteiger charge is 2.39. The molecule has 14 heteroatoms. The van der Waals surface area contributed by atoms with Gasteiger partial charge in [-0.25, -0.2) is 4.79 Å². The molecule has 1 aliphatic rings. The number of aliphatic carboxylic acids is 1. The van der Waals surface area contributed by atoms with Gasteiger partial charge in [0.2, 0.25) is 0 Å². The van der Waals surface area contributed by atoms with Gasteiger partial charge in [-0.05, 0) is 35.4 Å². The van der Waals surface area contributed by atoms with Crippen LogP contribution in [0.25, 0.3) is 0 Å². The Kier molecular flexibility index (Phi) is 8.53. The lowest BCUT2D eigenvalue weighted by atomic mass is 10.1. The molecule has 2 heterocycles. The number of imide groups is 1. The van der Waals surface area contributed by atoms with Crippen LogP contribution in [0.5, 0.6) is 0 Å². The molecular formula is C24H18ClF3N4O5S. The summed E-state index contributed by atoms with van der Waals surface area (Å²) in [6, 6.07) is 15.2. The maximum absolute atomic E-state index is 13.1. The number of alkyl halides is 3. The van der Waals surface area contributed by atoms with E-state index in [4.69, 9.17) is 32.6 Å². The summed E-state index contributed by atoms with van der Waals surface area (Å²) in [7, 11) is 0. The second-order valence-corrected chi connectivity index (χ2v) is 9.52. The lowest BCUT2D eigenvalue weighted by Crippen LogP contribution is -2.29. The first-order chi connectivity index (χ1) is 17.8. The van der Waals surface area contributed by atoms with Crippen LogP contribution in [0.2, 0.25) is 4.34 Å². The molecule has 0 bridgehead atoms. The van der Waals surface area contributed by atoms with Gasteiger partial charge in [0, 0.05) is 6.42 Å². The van der Waals surface area contributed by atoms with Crippen molar-refractivity contribution in [3.8, 4) is 0 Å². The number of fused-ring (bicyclic) bond motifs is 1. The number of nitrogens with zero attached hydrogens (tertiary/aromatic N) is 1. The number of hydrogen-bond acceptors (Lipinski definition) is 6. The van der Waals surface area contributed by atoms with Gasteiger partial charge in [0.15, 0.2) is 0 Å². The Bertz CT molecular complexity index is 1440. The summed E-state index contributed by atoms with van der Waals surface area (Å²) in [5, 5.41) is 17.3. The van der Waals surface area contributed by atoms with Crippen molar-refractivity contribution < 1.29 is 37.5 Å². The molecule has 0 spiro atoms. The topological polar surface area (TPSA) is 154 Å². The molecule has 3 aromatic rings. The summed E-state index contributed by atoms with van der Waals surface area (Å²) in [6.45, 7) is 0.0754. The van der Waals surface area contributed by atoms with Crippen molar-refractivity contribution in [1.29, 1.82) is 5.41 Å². The molecule has 38 heavy (non-hydrogen) atoms. The van der Waals surface area contributed by atoms with Crippen LogP contribution in [0.3, 0.4) is 0 Å². The van der Waals surface area contributed by atoms with Crippen LogP contribution < -0.4 is 11.1 Å². The van der Waals surface area contributed by atoms with Crippen LogP contribution in [-0.2, 0) is 17.8 Å². The summed E-state index contributed by atoms with van der Waals surface area (Å²) in [5.41, 5.74) is 7.72. The molecule has 4 rings (SSSR count). The number of thiophene rings is 1. The molecule has 0 atom stereocenters. The summed E-state index contributed by atoms with van der Waals surface area (Å²) < 4.78 is 32.2. The van der Waals surface area contributed by atoms with E-state index in [-0.39, 0.29) is 29.2 Å². The van der Waals surface area contributed by atoms with E-state index in [0.717, 1.165) is 27.4 Å². The number of hydrogen-bond donors (Lipinski definition) is 4. The molecule has 0 unspecified atom stereocenters. The van der Waals surface area contributed by atoms with Gasteiger partial charge in [0.25, 0.3) is 17.7 Å². The van der Waals surface area contributed by atoms with Crippen molar-refractivity contribution >= 4 is 58.2 Å². The Labute approximate surface area is 222 Å². The van der Waals surface area contributed by atoms with Crippen molar-refractivity contribution in [2.75, 3.05) is 5.32 Å². The van der Waals surface area contributed by atoms with E-state index in [9.17, 15) is 27.6 Å². The molecule has 1 aliphatic heterocycles. The first kappa shape index (κ1) is 28.3. The highest BCUT2D eigenvalue weighted by molar-refractivity contribution is 7.18. The largest absolute Gasteiger partial charge is 0.490 e. The van der Waals surface area contributed by atoms with Gasteiger partial charge in [-0.15, -0.1) is 11.3 Å². The third-order valence-corrected chi connectivity index (χ3v) is 6.24. The van der Waals surface area contributed by atoms with Crippen molar-refractivity contribution in [2.24, 2.45) is 5.73 Å². The van der Waals surface area contributed by atoms with Gasteiger partial charge in [0.05, 0.1) is 38.4 Å². The van der Waals surface area contributed by atoms with Crippen LogP contribution in [-0.4, -0.2) is 45.7 Å². The van der Waals surface area contributed by atoms with E-state index in [1.165, 1.54) is 0 Å². The van der Waals surface area contributed by atoms with Crippen LogP contribution in [0.15, 0.2) is 54.6 Å². The minimum atomic E-state index is -5.08. The van der Waals surface area contributed by atoms with Gasteiger partial charge in [0.1, 0.15) is 0 Å². The Hall–Kier alpha value is -4.23. The number of halogens is 4. The summed E-state index contributed by atoms with van der Waals surface area (Å²) in [5.74, 6) is -4.02. The number of carbonyl (C=O) groups is 4. The standard InChI is InChI=1S/C22H17ClN4O3S.C2HF3O2/c23-17-8-7-16(31-17)20(28)26-15-6-2-5-14-19(15)22(30)27(21(14)29)11-13-4-1-3-12(9-13)10-18(24)25;3-2(4,5)1(6)7/h1-9H,10-11H2,(H3,24,25)(H,26,28);(H,6,7). The zero-order chi connectivity index (χ0) is 28.2. The zero-order valence-corrected chi connectivity index (χ0v) is 20.7. The number of amidine groups is 1. The van der Waals surface area contributed by atoms with Crippen LogP contribution >= 0.6 is 22.9 Å². The second kappa shape index (κ2) is 11.4. The van der Waals surface area contributed by atoms with Crippen molar-refractivity contribution in [3.63, 3.8) is 0 Å². The molecular weight excluding hydrogens is 549 g/mol. The number of benzene rings is 2. The molecule has 3 amide bonds. The van der Waals surface area contributed by atoms with Crippen molar-refractivity contribution in [2.45, 2.75) is 19.1 Å². The number of carboxylic acids is 1. The SMILES string of the molecule is N=C(N)Cc1cccc(CN2C(=O)c3cccc(NC(=O)c4ccc(Cl)s4)c3C2=O)c1.O=C(O)C(F)(F)F. The van der Waals surface area contributed by atoms with Crippen LogP contribution in [0, 0.1) is 5.41 Å². The molecule has 0 saturated carbocycles. The Balaban J connectivity index is 0.000000505. The molecule has 0 fully saturated rings. The smallest absolute Gasteiger partial charge is 0.475 e. The molecule has 5 N–H and O–H groups in total. The zero-order valence-electron chi connectivity index (χ0n) is 19.1. The number of carbonyl (C=O) groups excluding carboxylic acids is 3. The Morgan fingerprint density at radius 2 is 1.68 bits per heavy atom. The predicted octanol–water partition coefficient (Wildman–Crippen LogP) is 4.56. The Morgan fingerprint density at radius 3 is 2.26 bits per heavy atom. The van der Waals surface area contributed by atoms with Gasteiger partial charge in [-0.3, -0.25) is 24.7 Å². The third-order valence-electron chi connectivity index (χ3n) is 5.01. The number of rotatable bonds is 6. The highest BCUT2D eigenvalue weighted by Crippen LogP contribution is 2.31. The van der Waals surface area contributed by atoms with E-state index >= 15 is 0 Å². The monoisotopic (exact) mass is 566 g/mol. The van der Waals surface area contributed by atoms with Gasteiger partial charge in [-0.1, -0.05) is 41.9 Å². The van der Waals surface area contributed by atoms with Gasteiger partial charge >= 0.3 is 12.1 Å². The fourth-order valence-electron chi connectivity index (χ4n) is 3.44. The first-order valence-corrected chi connectivity index (χ1v) is 11.7. The molecule has 0 saturated heterocycles. The van der Waals surface area contributed by atoms with E-state index in [0.29, 0.717) is 15.6 Å². The quantitative estimate of drug-likeness (QED) is 0.195. The van der Waals surface area contributed by atoms with Crippen LogP contribution in [0.1, 0.15) is 41.5 Å². The van der Waals surface area contributed by atoms with E-state index in [2.05, 4.69) is 5.32 Å². The fraction of sp³-hybridized carbons (Fsp3) is 0.125. The molecule has 2 aromatic carbocycles. The summed E-state index contributed by atoms with van der Waals surface area (Å²) in [6.07, 6.45) is -4.79. The Morgan fingerprint density at radius 1 is 1.05 bits per heavy atom. The number of nitrogens with two attached hydrogens (primary N) is 1. The van der Waals surface area contributed by atoms with Crippen molar-refractivity contribution in [3.05, 3.63) is 86.1 Å².